The van der Waals surface area contributed by atoms with Gasteiger partial charge in [-0.25, -0.2) is 0 Å². The average molecular weight is 304 g/mol. The zero-order valence-corrected chi connectivity index (χ0v) is 10.9. The van der Waals surface area contributed by atoms with Gasteiger partial charge in [-0.05, 0) is 23.8 Å². The van der Waals surface area contributed by atoms with Crippen LogP contribution in [0, 0.1) is 0 Å². The Kier molecular flexibility index (Phi) is 2.64. The molecule has 0 atom stereocenters. The van der Waals surface area contributed by atoms with E-state index in [-0.39, 0.29) is 0 Å². The first-order chi connectivity index (χ1) is 8.75. The molecule has 0 aliphatic rings. The number of nitrogens with zero attached hydrogens (tertiary/aromatic N) is 2. The van der Waals surface area contributed by atoms with Gasteiger partial charge in [-0.3, -0.25) is 10.2 Å². The smallest absolute Gasteiger partial charge is 0.153 e. The monoisotopic (exact) mass is 303 g/mol. The van der Waals surface area contributed by atoms with Gasteiger partial charge in [0.1, 0.15) is 0 Å². The van der Waals surface area contributed by atoms with E-state index in [1.54, 1.807) is 6.20 Å². The number of H-pyrrole nitrogens is 2. The van der Waals surface area contributed by atoms with Crippen LogP contribution in [0.25, 0.3) is 22.5 Å². The lowest BCUT2D eigenvalue weighted by Gasteiger charge is -2.03. The van der Waals surface area contributed by atoms with Gasteiger partial charge in [-0.1, -0.05) is 28.1 Å². The summed E-state index contributed by atoms with van der Waals surface area (Å²) in [6.07, 6.45) is 1.69. The maximum atomic E-state index is 5.94. The lowest BCUT2D eigenvalue weighted by molar-refractivity contribution is 1.06. The molecule has 0 aliphatic heterocycles. The average Bonchev–Trinajstić information content (AvgIpc) is 2.97. The standard InChI is InChI=1S/C12H10BrN5/c13-8-3-1-2-7(6-8)10-11(17-18-12(10)14)9-4-5-15-16-9/h1-6H,(H,15,16)(H3,14,17,18). The van der Waals surface area contributed by atoms with Crippen molar-refractivity contribution in [2.75, 3.05) is 5.73 Å². The summed E-state index contributed by atoms with van der Waals surface area (Å²) in [6.45, 7) is 0. The van der Waals surface area contributed by atoms with Crippen LogP contribution in [0.1, 0.15) is 0 Å². The van der Waals surface area contributed by atoms with Crippen LogP contribution in [0.15, 0.2) is 41.0 Å². The largest absolute Gasteiger partial charge is 0.382 e. The van der Waals surface area contributed by atoms with Crippen molar-refractivity contribution in [1.82, 2.24) is 20.4 Å². The van der Waals surface area contributed by atoms with Crippen LogP contribution >= 0.6 is 15.9 Å². The summed E-state index contributed by atoms with van der Waals surface area (Å²) < 4.78 is 0.996. The molecule has 2 aromatic heterocycles. The van der Waals surface area contributed by atoms with Crippen molar-refractivity contribution in [3.63, 3.8) is 0 Å². The highest BCUT2D eigenvalue weighted by molar-refractivity contribution is 9.10. The predicted octanol–water partition coefficient (Wildman–Crippen LogP) is 2.81. The second-order valence-electron chi connectivity index (χ2n) is 3.84. The lowest BCUT2D eigenvalue weighted by Crippen LogP contribution is -1.89. The van der Waals surface area contributed by atoms with Crippen LogP contribution in [0.3, 0.4) is 0 Å². The Morgan fingerprint density at radius 1 is 1.17 bits per heavy atom. The molecule has 0 spiro atoms. The van der Waals surface area contributed by atoms with Crippen LogP contribution < -0.4 is 5.73 Å². The summed E-state index contributed by atoms with van der Waals surface area (Å²) >= 11 is 3.45. The van der Waals surface area contributed by atoms with Crippen LogP contribution in [0.5, 0.6) is 0 Å². The molecule has 6 heteroatoms. The molecule has 0 radical (unpaired) electrons. The molecule has 0 amide bonds. The minimum atomic E-state index is 0.470. The first-order valence-electron chi connectivity index (χ1n) is 5.35. The molecule has 90 valence electrons. The summed E-state index contributed by atoms with van der Waals surface area (Å²) in [7, 11) is 0. The predicted molar refractivity (Wildman–Crippen MR) is 73.7 cm³/mol. The quantitative estimate of drug-likeness (QED) is 0.680. The summed E-state index contributed by atoms with van der Waals surface area (Å²) in [6, 6.07) is 9.79. The van der Waals surface area contributed by atoms with Crippen LogP contribution in [-0.4, -0.2) is 20.4 Å². The number of rotatable bonds is 2. The second-order valence-corrected chi connectivity index (χ2v) is 4.76. The van der Waals surface area contributed by atoms with Crippen molar-refractivity contribution in [2.45, 2.75) is 0 Å². The Bertz CT molecular complexity index is 672. The van der Waals surface area contributed by atoms with E-state index in [0.29, 0.717) is 5.82 Å². The van der Waals surface area contributed by atoms with E-state index in [1.807, 2.05) is 30.3 Å². The van der Waals surface area contributed by atoms with Gasteiger partial charge in [0.05, 0.1) is 17.0 Å². The molecule has 3 rings (SSSR count). The summed E-state index contributed by atoms with van der Waals surface area (Å²) in [5.41, 5.74) is 9.51. The summed E-state index contributed by atoms with van der Waals surface area (Å²) in [5, 5.41) is 13.8. The maximum Gasteiger partial charge on any atom is 0.153 e. The number of aromatic amines is 2. The van der Waals surface area contributed by atoms with E-state index in [1.165, 1.54) is 0 Å². The Hall–Kier alpha value is -2.08. The van der Waals surface area contributed by atoms with Crippen LogP contribution in [0.4, 0.5) is 5.82 Å². The SMILES string of the molecule is Nc1n[nH]c(-c2ccn[nH]2)c1-c1cccc(Br)c1. The fraction of sp³-hybridized carbons (Fsp3) is 0. The zero-order valence-electron chi connectivity index (χ0n) is 9.31. The zero-order chi connectivity index (χ0) is 12.5. The number of hydrogen-bond acceptors (Lipinski definition) is 3. The third-order valence-corrected chi connectivity index (χ3v) is 3.17. The molecule has 3 aromatic rings. The summed E-state index contributed by atoms with van der Waals surface area (Å²) in [4.78, 5) is 0. The highest BCUT2D eigenvalue weighted by Gasteiger charge is 2.15. The highest BCUT2D eigenvalue weighted by atomic mass is 79.9. The molecule has 0 unspecified atom stereocenters. The van der Waals surface area contributed by atoms with Crippen molar-refractivity contribution >= 4 is 21.7 Å². The van der Waals surface area contributed by atoms with E-state index in [0.717, 1.165) is 27.0 Å². The second kappa shape index (κ2) is 4.30. The number of benzene rings is 1. The first-order valence-corrected chi connectivity index (χ1v) is 6.14. The molecule has 0 fully saturated rings. The number of halogens is 1. The van der Waals surface area contributed by atoms with Gasteiger partial charge in [0.15, 0.2) is 5.82 Å². The minimum Gasteiger partial charge on any atom is -0.382 e. The topological polar surface area (TPSA) is 83.4 Å². The van der Waals surface area contributed by atoms with Crippen molar-refractivity contribution in [1.29, 1.82) is 0 Å². The molecule has 4 N–H and O–H groups in total. The van der Waals surface area contributed by atoms with Gasteiger partial charge in [0, 0.05) is 10.7 Å². The molecular weight excluding hydrogens is 294 g/mol. The molecule has 1 aromatic carbocycles. The van der Waals surface area contributed by atoms with Gasteiger partial charge in [0.2, 0.25) is 0 Å². The van der Waals surface area contributed by atoms with Gasteiger partial charge >= 0.3 is 0 Å². The van der Waals surface area contributed by atoms with E-state index >= 15 is 0 Å². The minimum absolute atomic E-state index is 0.470. The number of hydrogen-bond donors (Lipinski definition) is 3. The van der Waals surface area contributed by atoms with Crippen molar-refractivity contribution in [3.8, 4) is 22.5 Å². The molecule has 5 nitrogen and oxygen atoms in total. The highest BCUT2D eigenvalue weighted by Crippen LogP contribution is 2.34. The van der Waals surface area contributed by atoms with E-state index in [4.69, 9.17) is 5.73 Å². The van der Waals surface area contributed by atoms with Gasteiger partial charge in [0.25, 0.3) is 0 Å². The third-order valence-electron chi connectivity index (χ3n) is 2.68. The van der Waals surface area contributed by atoms with Crippen molar-refractivity contribution in [2.24, 2.45) is 0 Å². The molecule has 2 heterocycles. The normalized spacial score (nSPS) is 10.7. The molecular formula is C12H10BrN5. The first kappa shape index (κ1) is 11.0. The van der Waals surface area contributed by atoms with E-state index < -0.39 is 0 Å². The Balaban J connectivity index is 2.20. The molecule has 0 saturated heterocycles. The number of nitrogen functional groups attached to an aromatic ring is 1. The number of nitrogens with one attached hydrogen (secondary N) is 2. The molecule has 0 aliphatic carbocycles. The lowest BCUT2D eigenvalue weighted by atomic mass is 10.0. The number of nitrogens with two attached hydrogens (primary N) is 1. The number of aromatic nitrogens is 4. The molecule has 0 bridgehead atoms. The Morgan fingerprint density at radius 3 is 2.78 bits per heavy atom. The fourth-order valence-electron chi connectivity index (χ4n) is 1.88. The van der Waals surface area contributed by atoms with Gasteiger partial charge in [-0.15, -0.1) is 0 Å². The summed E-state index contributed by atoms with van der Waals surface area (Å²) in [5.74, 6) is 0.470. The van der Waals surface area contributed by atoms with Crippen LogP contribution in [0.2, 0.25) is 0 Å². The van der Waals surface area contributed by atoms with Crippen molar-refractivity contribution in [3.05, 3.63) is 41.0 Å². The number of anilines is 1. The third kappa shape index (κ3) is 1.80. The van der Waals surface area contributed by atoms with E-state index in [9.17, 15) is 0 Å². The Morgan fingerprint density at radius 2 is 2.06 bits per heavy atom. The Labute approximate surface area is 112 Å². The van der Waals surface area contributed by atoms with Crippen molar-refractivity contribution < 1.29 is 0 Å². The van der Waals surface area contributed by atoms with Gasteiger partial charge in [-0.2, -0.15) is 10.2 Å². The molecule has 0 saturated carbocycles. The fourth-order valence-corrected chi connectivity index (χ4v) is 2.28. The van der Waals surface area contributed by atoms with Gasteiger partial charge < -0.3 is 5.73 Å². The maximum absolute atomic E-state index is 5.94. The van der Waals surface area contributed by atoms with E-state index in [2.05, 4.69) is 36.3 Å². The molecule has 18 heavy (non-hydrogen) atoms. The van der Waals surface area contributed by atoms with Crippen LogP contribution in [-0.2, 0) is 0 Å².